The highest BCUT2D eigenvalue weighted by Crippen LogP contribution is 2.33. The van der Waals surface area contributed by atoms with E-state index in [9.17, 15) is 8.78 Å². The van der Waals surface area contributed by atoms with Crippen LogP contribution in [0.2, 0.25) is 0 Å². The van der Waals surface area contributed by atoms with Crippen LogP contribution in [0.1, 0.15) is 5.56 Å². The van der Waals surface area contributed by atoms with Crippen LogP contribution in [-0.2, 0) is 6.61 Å². The Morgan fingerprint density at radius 2 is 1.83 bits per heavy atom. The zero-order valence-corrected chi connectivity index (χ0v) is 10.9. The van der Waals surface area contributed by atoms with E-state index in [0.29, 0.717) is 0 Å². The second kappa shape index (κ2) is 5.35. The van der Waals surface area contributed by atoms with Crippen LogP contribution < -0.4 is 10.5 Å². The minimum Gasteiger partial charge on any atom is -0.483 e. The average Bonchev–Trinajstić information content (AvgIpc) is 2.37. The van der Waals surface area contributed by atoms with Crippen LogP contribution >= 0.6 is 15.9 Å². The molecule has 2 N–H and O–H groups in total. The summed E-state index contributed by atoms with van der Waals surface area (Å²) in [5, 5.41) is 0. The van der Waals surface area contributed by atoms with Crippen molar-refractivity contribution in [1.82, 2.24) is 0 Å². The number of nitrogen functional groups attached to an aromatic ring is 1. The lowest BCUT2D eigenvalue weighted by Crippen LogP contribution is -2.02. The Morgan fingerprint density at radius 3 is 2.50 bits per heavy atom. The Kier molecular flexibility index (Phi) is 3.81. The lowest BCUT2D eigenvalue weighted by molar-refractivity contribution is 0.273. The first-order valence-electron chi connectivity index (χ1n) is 5.19. The summed E-state index contributed by atoms with van der Waals surface area (Å²) < 4.78 is 32.4. The molecular weight excluding hydrogens is 304 g/mol. The summed E-state index contributed by atoms with van der Waals surface area (Å²) in [7, 11) is 0. The van der Waals surface area contributed by atoms with Crippen molar-refractivity contribution in [3.05, 3.63) is 58.1 Å². The van der Waals surface area contributed by atoms with Gasteiger partial charge in [-0.2, -0.15) is 0 Å². The molecule has 0 saturated carbocycles. The molecule has 2 nitrogen and oxygen atoms in total. The molecule has 0 bridgehead atoms. The van der Waals surface area contributed by atoms with E-state index in [1.165, 1.54) is 0 Å². The predicted molar refractivity (Wildman–Crippen MR) is 69.2 cm³/mol. The topological polar surface area (TPSA) is 35.2 Å². The standard InChI is InChI=1S/C13H10BrF2NO/c14-11-10(17)6-9(15)13(12(11)16)18-7-8-4-2-1-3-5-8/h1-6H,7,17H2. The minimum absolute atomic E-state index is 0.00272. The van der Waals surface area contributed by atoms with Gasteiger partial charge < -0.3 is 10.5 Å². The Hall–Kier alpha value is -1.62. The van der Waals surface area contributed by atoms with Crippen molar-refractivity contribution in [2.75, 3.05) is 5.73 Å². The van der Waals surface area contributed by atoms with Gasteiger partial charge in [-0.15, -0.1) is 0 Å². The third-order valence-electron chi connectivity index (χ3n) is 2.37. The van der Waals surface area contributed by atoms with Crippen molar-refractivity contribution < 1.29 is 13.5 Å². The van der Waals surface area contributed by atoms with Gasteiger partial charge in [-0.05, 0) is 21.5 Å². The summed E-state index contributed by atoms with van der Waals surface area (Å²) >= 11 is 2.94. The normalized spacial score (nSPS) is 10.4. The van der Waals surface area contributed by atoms with Gasteiger partial charge in [0, 0.05) is 6.07 Å². The molecule has 0 radical (unpaired) electrons. The smallest absolute Gasteiger partial charge is 0.192 e. The Labute approximate surface area is 112 Å². The summed E-state index contributed by atoms with van der Waals surface area (Å²) in [4.78, 5) is 0. The molecule has 0 aliphatic rings. The second-order valence-electron chi connectivity index (χ2n) is 3.68. The number of rotatable bonds is 3. The molecule has 0 amide bonds. The molecule has 2 rings (SSSR count). The molecule has 18 heavy (non-hydrogen) atoms. The molecule has 5 heteroatoms. The van der Waals surface area contributed by atoms with Crippen molar-refractivity contribution in [2.24, 2.45) is 0 Å². The molecule has 2 aromatic carbocycles. The minimum atomic E-state index is -0.830. The van der Waals surface area contributed by atoms with Gasteiger partial charge in [-0.3, -0.25) is 0 Å². The highest BCUT2D eigenvalue weighted by atomic mass is 79.9. The number of halogens is 3. The van der Waals surface area contributed by atoms with Gasteiger partial charge in [0.2, 0.25) is 0 Å². The maximum Gasteiger partial charge on any atom is 0.192 e. The Morgan fingerprint density at radius 1 is 1.17 bits per heavy atom. The van der Waals surface area contributed by atoms with Crippen molar-refractivity contribution >= 4 is 21.6 Å². The van der Waals surface area contributed by atoms with Crippen LogP contribution in [0.15, 0.2) is 40.9 Å². The Bertz CT molecular complexity index is 561. The summed E-state index contributed by atoms with van der Waals surface area (Å²) in [6, 6.07) is 10.1. The fraction of sp³-hybridized carbons (Fsp3) is 0.0769. The predicted octanol–water partition coefficient (Wildman–Crippen LogP) is 3.89. The van der Waals surface area contributed by atoms with Crippen molar-refractivity contribution in [1.29, 1.82) is 0 Å². The van der Waals surface area contributed by atoms with Gasteiger partial charge in [0.25, 0.3) is 0 Å². The Balaban J connectivity index is 2.22. The van der Waals surface area contributed by atoms with E-state index >= 15 is 0 Å². The monoisotopic (exact) mass is 313 g/mol. The molecule has 0 spiro atoms. The molecule has 0 aliphatic heterocycles. The van der Waals surface area contributed by atoms with Gasteiger partial charge in [-0.25, -0.2) is 8.78 Å². The largest absolute Gasteiger partial charge is 0.483 e. The SMILES string of the molecule is Nc1cc(F)c(OCc2ccccc2)c(F)c1Br. The van der Waals surface area contributed by atoms with Crippen LogP contribution in [0.3, 0.4) is 0 Å². The first-order chi connectivity index (χ1) is 8.59. The number of nitrogens with two attached hydrogens (primary N) is 1. The number of hydrogen-bond acceptors (Lipinski definition) is 2. The fourth-order valence-corrected chi connectivity index (χ4v) is 1.75. The van der Waals surface area contributed by atoms with E-state index in [1.54, 1.807) is 0 Å². The lowest BCUT2D eigenvalue weighted by atomic mass is 10.2. The summed E-state index contributed by atoms with van der Waals surface area (Å²) in [5.41, 5.74) is 6.24. The van der Waals surface area contributed by atoms with Crippen LogP contribution in [0.25, 0.3) is 0 Å². The molecule has 0 fully saturated rings. The van der Waals surface area contributed by atoms with Crippen LogP contribution in [0, 0.1) is 11.6 Å². The lowest BCUT2D eigenvalue weighted by Gasteiger charge is -2.10. The fourth-order valence-electron chi connectivity index (χ4n) is 1.46. The van der Waals surface area contributed by atoms with E-state index in [1.807, 2.05) is 30.3 Å². The molecule has 0 aromatic heterocycles. The van der Waals surface area contributed by atoms with Crippen LogP contribution in [0.4, 0.5) is 14.5 Å². The van der Waals surface area contributed by atoms with E-state index in [0.717, 1.165) is 11.6 Å². The molecule has 0 heterocycles. The number of hydrogen-bond donors (Lipinski definition) is 1. The van der Waals surface area contributed by atoms with Gasteiger partial charge >= 0.3 is 0 Å². The van der Waals surface area contributed by atoms with Gasteiger partial charge in [0.05, 0.1) is 10.2 Å². The number of ether oxygens (including phenoxy) is 1. The maximum atomic E-state index is 13.7. The first kappa shape index (κ1) is 12.8. The molecular formula is C13H10BrF2NO. The summed E-state index contributed by atoms with van der Waals surface area (Å²) in [6.45, 7) is 0.0883. The molecule has 94 valence electrons. The summed E-state index contributed by atoms with van der Waals surface area (Å²) in [6.07, 6.45) is 0. The number of benzene rings is 2. The third kappa shape index (κ3) is 2.61. The quantitative estimate of drug-likeness (QED) is 0.689. The van der Waals surface area contributed by atoms with Crippen molar-refractivity contribution in [3.8, 4) is 5.75 Å². The maximum absolute atomic E-state index is 13.7. The average molecular weight is 314 g/mol. The van der Waals surface area contributed by atoms with Crippen molar-refractivity contribution in [2.45, 2.75) is 6.61 Å². The molecule has 2 aromatic rings. The van der Waals surface area contributed by atoms with E-state index in [4.69, 9.17) is 10.5 Å². The zero-order valence-electron chi connectivity index (χ0n) is 9.29. The zero-order chi connectivity index (χ0) is 13.1. The van der Waals surface area contributed by atoms with Crippen LogP contribution in [-0.4, -0.2) is 0 Å². The third-order valence-corrected chi connectivity index (χ3v) is 3.18. The van der Waals surface area contributed by atoms with E-state index in [-0.39, 0.29) is 16.8 Å². The van der Waals surface area contributed by atoms with Gasteiger partial charge in [0.15, 0.2) is 17.4 Å². The number of anilines is 1. The highest BCUT2D eigenvalue weighted by Gasteiger charge is 2.17. The van der Waals surface area contributed by atoms with Crippen molar-refractivity contribution in [3.63, 3.8) is 0 Å². The molecule has 0 aliphatic carbocycles. The molecule has 0 unspecified atom stereocenters. The molecule has 0 atom stereocenters. The van der Waals surface area contributed by atoms with E-state index in [2.05, 4.69) is 15.9 Å². The van der Waals surface area contributed by atoms with Gasteiger partial charge in [0.1, 0.15) is 6.61 Å². The van der Waals surface area contributed by atoms with Crippen LogP contribution in [0.5, 0.6) is 5.75 Å². The molecule has 0 saturated heterocycles. The summed E-state index contributed by atoms with van der Waals surface area (Å²) in [5.74, 6) is -2.08. The van der Waals surface area contributed by atoms with Gasteiger partial charge in [-0.1, -0.05) is 30.3 Å². The highest BCUT2D eigenvalue weighted by molar-refractivity contribution is 9.10. The van der Waals surface area contributed by atoms with E-state index < -0.39 is 17.4 Å². The second-order valence-corrected chi connectivity index (χ2v) is 4.47. The first-order valence-corrected chi connectivity index (χ1v) is 5.98.